The zero-order valence-electron chi connectivity index (χ0n) is 10.0. The Morgan fingerprint density at radius 3 is 3.00 bits per heavy atom. The van der Waals surface area contributed by atoms with Crippen LogP contribution in [0.2, 0.25) is 0 Å². The van der Waals surface area contributed by atoms with Gasteiger partial charge in [-0.2, -0.15) is 0 Å². The quantitative estimate of drug-likeness (QED) is 0.555. The number of nitrogens with two attached hydrogens (primary N) is 1. The van der Waals surface area contributed by atoms with Gasteiger partial charge in [0.05, 0.1) is 16.7 Å². The van der Waals surface area contributed by atoms with Crippen molar-refractivity contribution >= 4 is 28.5 Å². The minimum atomic E-state index is -0.424. The van der Waals surface area contributed by atoms with Crippen LogP contribution in [0.5, 0.6) is 0 Å². The molecule has 2 aromatic heterocycles. The number of aromatic nitrogens is 4. The molecule has 5 nitrogen and oxygen atoms in total. The first-order valence-corrected chi connectivity index (χ1v) is 6.35. The lowest BCUT2D eigenvalue weighted by molar-refractivity contribution is 0.566. The topological polar surface area (TPSA) is 80.5 Å². The van der Waals surface area contributed by atoms with Gasteiger partial charge in [0.25, 0.3) is 0 Å². The smallest absolute Gasteiger partial charge is 0.177 e. The van der Waals surface area contributed by atoms with Crippen molar-refractivity contribution < 1.29 is 4.39 Å². The molecule has 1 aromatic carbocycles. The minimum Gasteiger partial charge on any atom is -0.399 e. The lowest BCUT2D eigenvalue weighted by Gasteiger charge is -2.00. The van der Waals surface area contributed by atoms with Crippen LogP contribution in [0.4, 0.5) is 10.1 Å². The third kappa shape index (κ3) is 2.24. The molecule has 96 valence electrons. The van der Waals surface area contributed by atoms with Crippen molar-refractivity contribution in [1.82, 2.24) is 19.9 Å². The average Bonchev–Trinajstić information content (AvgIpc) is 2.76. The van der Waals surface area contributed by atoms with Gasteiger partial charge in [-0.1, -0.05) is 0 Å². The number of aryl methyl sites for hydroxylation is 1. The van der Waals surface area contributed by atoms with E-state index in [1.165, 1.54) is 6.33 Å². The predicted molar refractivity (Wildman–Crippen MR) is 71.4 cm³/mol. The summed E-state index contributed by atoms with van der Waals surface area (Å²) in [5, 5.41) is 0.817. The number of hydrogen-bond donors (Lipinski definition) is 2. The molecule has 0 saturated heterocycles. The van der Waals surface area contributed by atoms with Crippen molar-refractivity contribution in [3.63, 3.8) is 0 Å². The van der Waals surface area contributed by atoms with Crippen molar-refractivity contribution in [2.24, 2.45) is 0 Å². The van der Waals surface area contributed by atoms with E-state index in [1.807, 2.05) is 6.07 Å². The standard InChI is InChI=1S/C12H10FN5S/c1-6-10(13)11(16-5-15-6)19-12-17-8-3-2-7(14)4-9(8)18-12/h2-5H,14H2,1H3,(H,17,18). The molecular weight excluding hydrogens is 265 g/mol. The highest BCUT2D eigenvalue weighted by molar-refractivity contribution is 7.99. The molecule has 2 heterocycles. The van der Waals surface area contributed by atoms with E-state index in [0.29, 0.717) is 16.5 Å². The number of nitrogens with zero attached hydrogens (tertiary/aromatic N) is 3. The van der Waals surface area contributed by atoms with Gasteiger partial charge >= 0.3 is 0 Å². The molecule has 0 bridgehead atoms. The third-order valence-electron chi connectivity index (χ3n) is 2.61. The van der Waals surface area contributed by atoms with Crippen molar-refractivity contribution in [1.29, 1.82) is 0 Å². The Morgan fingerprint density at radius 2 is 2.16 bits per heavy atom. The van der Waals surface area contributed by atoms with Crippen LogP contribution < -0.4 is 5.73 Å². The SMILES string of the molecule is Cc1ncnc(Sc2nc3ccc(N)cc3[nH]2)c1F. The van der Waals surface area contributed by atoms with Gasteiger partial charge in [-0.15, -0.1) is 0 Å². The van der Waals surface area contributed by atoms with Crippen LogP contribution in [0, 0.1) is 12.7 Å². The first-order chi connectivity index (χ1) is 9.13. The number of rotatable bonds is 2. The minimum absolute atomic E-state index is 0.250. The summed E-state index contributed by atoms with van der Waals surface area (Å²) in [5.41, 5.74) is 8.26. The van der Waals surface area contributed by atoms with Crippen molar-refractivity contribution in [3.05, 3.63) is 36.0 Å². The second-order valence-electron chi connectivity index (χ2n) is 4.00. The number of anilines is 1. The van der Waals surface area contributed by atoms with Crippen molar-refractivity contribution in [2.45, 2.75) is 17.1 Å². The summed E-state index contributed by atoms with van der Waals surface area (Å²) in [4.78, 5) is 15.1. The summed E-state index contributed by atoms with van der Waals surface area (Å²) in [6.07, 6.45) is 1.33. The van der Waals surface area contributed by atoms with Gasteiger partial charge in [0.15, 0.2) is 11.0 Å². The fraction of sp³-hybridized carbons (Fsp3) is 0.0833. The van der Waals surface area contributed by atoms with Crippen LogP contribution in [0.1, 0.15) is 5.69 Å². The molecule has 0 aliphatic rings. The maximum Gasteiger partial charge on any atom is 0.177 e. The van der Waals surface area contributed by atoms with E-state index in [0.717, 1.165) is 22.8 Å². The molecule has 0 amide bonds. The van der Waals surface area contributed by atoms with Crippen LogP contribution in [0.3, 0.4) is 0 Å². The Hall–Kier alpha value is -2.15. The summed E-state index contributed by atoms with van der Waals surface area (Å²) in [5.74, 6) is -0.424. The number of halogens is 1. The normalized spacial score (nSPS) is 11.1. The van der Waals surface area contributed by atoms with Crippen LogP contribution >= 0.6 is 11.8 Å². The number of benzene rings is 1. The Morgan fingerprint density at radius 1 is 1.32 bits per heavy atom. The maximum absolute atomic E-state index is 13.8. The number of nitrogens with one attached hydrogen (secondary N) is 1. The van der Waals surface area contributed by atoms with E-state index >= 15 is 0 Å². The number of nitrogen functional groups attached to an aromatic ring is 1. The van der Waals surface area contributed by atoms with Gasteiger partial charge < -0.3 is 10.7 Å². The van der Waals surface area contributed by atoms with Gasteiger partial charge in [-0.3, -0.25) is 0 Å². The van der Waals surface area contributed by atoms with Crippen LogP contribution in [0.15, 0.2) is 34.7 Å². The van der Waals surface area contributed by atoms with Gasteiger partial charge in [0, 0.05) is 5.69 Å². The molecule has 3 N–H and O–H groups in total. The molecule has 0 atom stereocenters. The highest BCUT2D eigenvalue weighted by Crippen LogP contribution is 2.28. The number of aromatic amines is 1. The summed E-state index contributed by atoms with van der Waals surface area (Å²) in [7, 11) is 0. The fourth-order valence-electron chi connectivity index (χ4n) is 1.65. The molecule has 0 unspecified atom stereocenters. The van der Waals surface area contributed by atoms with E-state index in [2.05, 4.69) is 19.9 Å². The Labute approximate surface area is 112 Å². The Bertz CT molecular complexity index is 755. The summed E-state index contributed by atoms with van der Waals surface area (Å²) >= 11 is 1.13. The van der Waals surface area contributed by atoms with E-state index < -0.39 is 5.82 Å². The van der Waals surface area contributed by atoms with Gasteiger partial charge in [0.2, 0.25) is 0 Å². The lowest BCUT2D eigenvalue weighted by atomic mass is 10.3. The summed E-state index contributed by atoms with van der Waals surface area (Å²) in [6, 6.07) is 5.37. The monoisotopic (exact) mass is 275 g/mol. The Kier molecular flexibility index (Phi) is 2.83. The van der Waals surface area contributed by atoms with E-state index in [9.17, 15) is 4.39 Å². The van der Waals surface area contributed by atoms with Gasteiger partial charge in [-0.05, 0) is 36.9 Å². The number of imidazole rings is 1. The van der Waals surface area contributed by atoms with E-state index in [-0.39, 0.29) is 5.03 Å². The largest absolute Gasteiger partial charge is 0.399 e. The molecule has 0 aliphatic heterocycles. The zero-order chi connectivity index (χ0) is 13.4. The molecule has 0 spiro atoms. The first-order valence-electron chi connectivity index (χ1n) is 5.53. The molecule has 0 fully saturated rings. The molecule has 0 saturated carbocycles. The lowest BCUT2D eigenvalue weighted by Crippen LogP contribution is -1.94. The van der Waals surface area contributed by atoms with Crippen LogP contribution in [0.25, 0.3) is 11.0 Å². The second-order valence-corrected chi connectivity index (χ2v) is 4.98. The maximum atomic E-state index is 13.8. The molecule has 3 rings (SSSR count). The van der Waals surface area contributed by atoms with Crippen LogP contribution in [-0.4, -0.2) is 19.9 Å². The highest BCUT2D eigenvalue weighted by Gasteiger charge is 2.12. The average molecular weight is 275 g/mol. The van der Waals surface area contributed by atoms with Crippen molar-refractivity contribution in [3.8, 4) is 0 Å². The van der Waals surface area contributed by atoms with Gasteiger partial charge in [0.1, 0.15) is 11.4 Å². The molecule has 7 heteroatoms. The zero-order valence-corrected chi connectivity index (χ0v) is 10.8. The van der Waals surface area contributed by atoms with E-state index in [1.54, 1.807) is 19.1 Å². The molecule has 0 aliphatic carbocycles. The number of H-pyrrole nitrogens is 1. The summed E-state index contributed by atoms with van der Waals surface area (Å²) in [6.45, 7) is 1.60. The predicted octanol–water partition coefficient (Wildman–Crippen LogP) is 2.53. The second kappa shape index (κ2) is 4.51. The number of fused-ring (bicyclic) bond motifs is 1. The molecule has 0 radical (unpaired) electrons. The van der Waals surface area contributed by atoms with Crippen molar-refractivity contribution in [2.75, 3.05) is 5.73 Å². The molecular formula is C12H10FN5S. The molecule has 19 heavy (non-hydrogen) atoms. The van der Waals surface area contributed by atoms with E-state index in [4.69, 9.17) is 5.73 Å². The molecule has 3 aromatic rings. The first kappa shape index (κ1) is 11.9. The third-order valence-corrected chi connectivity index (χ3v) is 3.47. The fourth-order valence-corrected chi connectivity index (χ4v) is 2.48. The number of hydrogen-bond acceptors (Lipinski definition) is 5. The summed E-state index contributed by atoms with van der Waals surface area (Å²) < 4.78 is 13.8. The van der Waals surface area contributed by atoms with Gasteiger partial charge in [-0.25, -0.2) is 19.3 Å². The Balaban J connectivity index is 1.99. The highest BCUT2D eigenvalue weighted by atomic mass is 32.2. The van der Waals surface area contributed by atoms with Crippen LogP contribution in [-0.2, 0) is 0 Å².